The van der Waals surface area contributed by atoms with Crippen molar-refractivity contribution in [2.45, 2.75) is 11.6 Å². The van der Waals surface area contributed by atoms with Gasteiger partial charge >= 0.3 is 11.6 Å². The molecule has 0 amide bonds. The van der Waals surface area contributed by atoms with E-state index in [1.54, 1.807) is 62.8 Å². The molecule has 0 atom stereocenters. The highest BCUT2D eigenvalue weighted by Crippen LogP contribution is 2.52. The van der Waals surface area contributed by atoms with Gasteiger partial charge in [-0.2, -0.15) is 0 Å². The Morgan fingerprint density at radius 1 is 0.388 bits per heavy atom. The van der Waals surface area contributed by atoms with Gasteiger partial charge in [0.1, 0.15) is 18.0 Å². The van der Waals surface area contributed by atoms with Gasteiger partial charge in [0.15, 0.2) is 22.7 Å². The first kappa shape index (κ1) is 44.0. The summed E-state index contributed by atoms with van der Waals surface area (Å²) in [6, 6.07) is 60.6. The molecule has 0 bridgehead atoms. The molecular formula is C56H44O11. The standard InChI is InChI=1S/2C26H16O4.C3H8O2.CH4O/c2*27-23-19-13-7-8-14-21(19)28-24-20(23)15-16-22-25(24)30-26(29-22,17-9-3-1-4-10-17)18-11-5-2-6-12-18;1-4-3-5-2;1-2/h2*1-16H;3H2,1-2H3;2H,1H3. The van der Waals surface area contributed by atoms with Crippen LogP contribution in [0, 0.1) is 0 Å². The van der Waals surface area contributed by atoms with Crippen molar-refractivity contribution >= 4 is 43.9 Å². The molecule has 2 aromatic heterocycles. The largest absolute Gasteiger partial charge is 0.452 e. The Kier molecular flexibility index (Phi) is 12.5. The van der Waals surface area contributed by atoms with Crippen molar-refractivity contribution in [3.05, 3.63) is 237 Å². The number of rotatable bonds is 6. The van der Waals surface area contributed by atoms with E-state index in [0.717, 1.165) is 29.4 Å². The number of fused-ring (bicyclic) bond motifs is 8. The summed E-state index contributed by atoms with van der Waals surface area (Å²) in [7, 11) is 4.17. The molecule has 0 saturated carbocycles. The molecule has 11 heteroatoms. The highest BCUT2D eigenvalue weighted by atomic mass is 16.7. The summed E-state index contributed by atoms with van der Waals surface area (Å²) in [5, 5.41) is 9.02. The smallest absolute Gasteiger partial charge is 0.305 e. The molecule has 2 aliphatic heterocycles. The Hall–Kier alpha value is -8.22. The SMILES string of the molecule is CO.COCOC.O=c1c2ccccc2oc2c3c(ccc12)OC(c1ccccc1)(c1ccccc1)O3.O=c1c2ccccc2oc2c3c(ccc12)OC(c1ccccc1)(c1ccccc1)O3. The molecular weight excluding hydrogens is 849 g/mol. The van der Waals surface area contributed by atoms with Crippen LogP contribution in [0.3, 0.4) is 0 Å². The molecule has 0 radical (unpaired) electrons. The van der Waals surface area contributed by atoms with Gasteiger partial charge in [0.25, 0.3) is 0 Å². The van der Waals surface area contributed by atoms with Crippen molar-refractivity contribution in [2.24, 2.45) is 0 Å². The van der Waals surface area contributed by atoms with E-state index in [2.05, 4.69) is 9.47 Å². The second kappa shape index (κ2) is 19.1. The third kappa shape index (κ3) is 8.01. The van der Waals surface area contributed by atoms with Gasteiger partial charge in [-0.25, -0.2) is 0 Å². The molecule has 0 unspecified atom stereocenters. The van der Waals surface area contributed by atoms with Crippen LogP contribution in [0.15, 0.2) is 213 Å². The lowest BCUT2D eigenvalue weighted by atomic mass is 9.97. The van der Waals surface area contributed by atoms with Crippen molar-refractivity contribution < 1.29 is 42.4 Å². The lowest BCUT2D eigenvalue weighted by molar-refractivity contribution is -0.0459. The molecule has 0 fully saturated rings. The molecule has 8 aromatic carbocycles. The van der Waals surface area contributed by atoms with Gasteiger partial charge < -0.3 is 42.4 Å². The van der Waals surface area contributed by atoms with Crippen molar-refractivity contribution in [2.75, 3.05) is 28.1 Å². The first-order valence-corrected chi connectivity index (χ1v) is 21.3. The lowest BCUT2D eigenvalue weighted by Gasteiger charge is -2.28. The van der Waals surface area contributed by atoms with Gasteiger partial charge in [0.05, 0.1) is 21.5 Å². The van der Waals surface area contributed by atoms with Crippen molar-refractivity contribution in [1.29, 1.82) is 0 Å². The second-order valence-electron chi connectivity index (χ2n) is 15.2. The zero-order valence-electron chi connectivity index (χ0n) is 36.7. The minimum Gasteiger partial charge on any atom is -0.452 e. The monoisotopic (exact) mass is 892 g/mol. The van der Waals surface area contributed by atoms with Crippen LogP contribution in [-0.4, -0.2) is 33.2 Å². The molecule has 0 spiro atoms. The second-order valence-corrected chi connectivity index (χ2v) is 15.2. The summed E-state index contributed by atoms with van der Waals surface area (Å²) >= 11 is 0. The van der Waals surface area contributed by atoms with Gasteiger partial charge in [-0.1, -0.05) is 146 Å². The fraction of sp³-hybridized carbons (Fsp3) is 0.107. The predicted octanol–water partition coefficient (Wildman–Crippen LogP) is 11.1. The van der Waals surface area contributed by atoms with Crippen LogP contribution in [0.4, 0.5) is 0 Å². The van der Waals surface area contributed by atoms with E-state index in [0.29, 0.717) is 73.7 Å². The van der Waals surface area contributed by atoms with Crippen LogP contribution in [0.25, 0.3) is 43.9 Å². The molecule has 11 nitrogen and oxygen atoms in total. The third-order valence-corrected chi connectivity index (χ3v) is 11.2. The van der Waals surface area contributed by atoms with E-state index in [1.165, 1.54) is 0 Å². The normalized spacial score (nSPS) is 13.5. The van der Waals surface area contributed by atoms with Gasteiger partial charge in [0.2, 0.25) is 22.4 Å². The Labute approximate surface area is 384 Å². The van der Waals surface area contributed by atoms with Crippen molar-refractivity contribution in [3.63, 3.8) is 0 Å². The van der Waals surface area contributed by atoms with Crippen LogP contribution < -0.4 is 29.8 Å². The van der Waals surface area contributed by atoms with E-state index < -0.39 is 11.6 Å². The van der Waals surface area contributed by atoms with E-state index >= 15 is 0 Å². The molecule has 67 heavy (non-hydrogen) atoms. The molecule has 4 heterocycles. The van der Waals surface area contributed by atoms with Gasteiger partial charge in [-0.05, 0) is 48.5 Å². The summed E-state index contributed by atoms with van der Waals surface area (Å²) < 4.78 is 47.1. The van der Waals surface area contributed by atoms with Crippen LogP contribution in [-0.2, 0) is 21.0 Å². The number of para-hydroxylation sites is 2. The molecule has 0 aliphatic carbocycles. The van der Waals surface area contributed by atoms with Crippen LogP contribution in [0.2, 0.25) is 0 Å². The Morgan fingerprint density at radius 2 is 0.701 bits per heavy atom. The Morgan fingerprint density at radius 3 is 1.01 bits per heavy atom. The summed E-state index contributed by atoms with van der Waals surface area (Å²) in [5.74, 6) is -0.388. The maximum atomic E-state index is 13.0. The third-order valence-electron chi connectivity index (χ3n) is 11.2. The average Bonchev–Trinajstić information content (AvgIpc) is 4.01. The quantitative estimate of drug-likeness (QED) is 0.126. The van der Waals surface area contributed by atoms with E-state index in [4.69, 9.17) is 32.9 Å². The Balaban J connectivity index is 0.000000148. The van der Waals surface area contributed by atoms with Crippen LogP contribution >= 0.6 is 0 Å². The summed E-state index contributed by atoms with van der Waals surface area (Å²) in [5.41, 5.74) is 5.05. The number of methoxy groups -OCH3 is 2. The van der Waals surface area contributed by atoms with Gasteiger partial charge in [-0.15, -0.1) is 0 Å². The van der Waals surface area contributed by atoms with Crippen LogP contribution in [0.5, 0.6) is 23.0 Å². The number of aliphatic hydroxyl groups excluding tert-OH is 1. The minimum absolute atomic E-state index is 0.0878. The fourth-order valence-electron chi connectivity index (χ4n) is 8.19. The number of hydrogen-bond donors (Lipinski definition) is 1. The van der Waals surface area contributed by atoms with Gasteiger partial charge in [-0.3, -0.25) is 9.59 Å². The Bertz CT molecular complexity index is 3120. The van der Waals surface area contributed by atoms with E-state index in [-0.39, 0.29) is 10.9 Å². The highest BCUT2D eigenvalue weighted by Gasteiger charge is 2.48. The maximum absolute atomic E-state index is 13.0. The van der Waals surface area contributed by atoms with E-state index in [1.807, 2.05) is 146 Å². The number of aliphatic hydroxyl groups is 1. The van der Waals surface area contributed by atoms with Crippen molar-refractivity contribution in [1.82, 2.24) is 0 Å². The highest BCUT2D eigenvalue weighted by molar-refractivity contribution is 5.95. The molecule has 10 aromatic rings. The average molecular weight is 893 g/mol. The molecule has 0 saturated heterocycles. The number of ether oxygens (including phenoxy) is 6. The molecule has 334 valence electrons. The summed E-state index contributed by atoms with van der Waals surface area (Å²) in [6.45, 7) is 0.389. The zero-order chi connectivity index (χ0) is 46.4. The first-order chi connectivity index (χ1) is 32.9. The molecule has 12 rings (SSSR count). The summed E-state index contributed by atoms with van der Waals surface area (Å²) in [6.07, 6.45) is 0. The molecule has 2 aliphatic rings. The maximum Gasteiger partial charge on any atom is 0.305 e. The topological polar surface area (TPSA) is 136 Å². The van der Waals surface area contributed by atoms with Crippen molar-refractivity contribution in [3.8, 4) is 23.0 Å². The minimum atomic E-state index is -1.16. The van der Waals surface area contributed by atoms with E-state index in [9.17, 15) is 9.59 Å². The predicted molar refractivity (Wildman–Crippen MR) is 257 cm³/mol. The number of hydrogen-bond acceptors (Lipinski definition) is 11. The zero-order valence-corrected chi connectivity index (χ0v) is 36.7. The number of benzene rings is 8. The van der Waals surface area contributed by atoms with Crippen LogP contribution in [0.1, 0.15) is 22.3 Å². The first-order valence-electron chi connectivity index (χ1n) is 21.3. The fourth-order valence-corrected chi connectivity index (χ4v) is 8.19. The molecule has 1 N–H and O–H groups in total. The lowest BCUT2D eigenvalue weighted by Crippen LogP contribution is -2.36. The van der Waals surface area contributed by atoms with Gasteiger partial charge in [0, 0.05) is 43.6 Å². The summed E-state index contributed by atoms with van der Waals surface area (Å²) in [4.78, 5) is 26.1.